The average molecular weight is 378 g/mol. The zero-order valence-corrected chi connectivity index (χ0v) is 15.6. The van der Waals surface area contributed by atoms with Crippen molar-refractivity contribution >= 4 is 46.2 Å². The highest BCUT2D eigenvalue weighted by molar-refractivity contribution is 8.14. The van der Waals surface area contributed by atoms with Gasteiger partial charge < -0.3 is 5.32 Å². The van der Waals surface area contributed by atoms with Crippen molar-refractivity contribution in [3.05, 3.63) is 59.7 Å². The van der Waals surface area contributed by atoms with Crippen LogP contribution in [0.15, 0.2) is 58.6 Å². The van der Waals surface area contributed by atoms with Crippen LogP contribution in [0.25, 0.3) is 0 Å². The van der Waals surface area contributed by atoms with Gasteiger partial charge >= 0.3 is 0 Å². The molecule has 2 aromatic carbocycles. The molecule has 2 aliphatic rings. The number of fused-ring (bicyclic) bond motifs is 3. The number of hydrogen-bond donors (Lipinski definition) is 1. The zero-order valence-electron chi connectivity index (χ0n) is 14.8. The van der Waals surface area contributed by atoms with Gasteiger partial charge in [-0.2, -0.15) is 5.10 Å². The molecule has 7 heteroatoms. The Balaban J connectivity index is 1.47. The number of nitrogens with one attached hydrogen (secondary N) is 1. The van der Waals surface area contributed by atoms with E-state index in [-0.39, 0.29) is 23.5 Å². The Labute approximate surface area is 161 Å². The highest BCUT2D eigenvalue weighted by Gasteiger charge is 2.32. The predicted octanol–water partition coefficient (Wildman–Crippen LogP) is 3.99. The molecule has 4 rings (SSSR count). The topological polar surface area (TPSA) is 74.1 Å². The molecule has 0 saturated heterocycles. The van der Waals surface area contributed by atoms with Crippen LogP contribution in [0.4, 0.5) is 11.4 Å². The van der Waals surface area contributed by atoms with Gasteiger partial charge in [-0.3, -0.25) is 9.59 Å². The SMILES string of the molecule is CC(=O)c1ccccc1NC(=O)CSC1=Nc2ccccc2[C@H]2CC=NN12. The van der Waals surface area contributed by atoms with E-state index in [2.05, 4.69) is 21.5 Å². The molecule has 2 aromatic rings. The van der Waals surface area contributed by atoms with Gasteiger partial charge in [0.05, 0.1) is 23.2 Å². The van der Waals surface area contributed by atoms with E-state index in [0.717, 1.165) is 17.7 Å². The summed E-state index contributed by atoms with van der Waals surface area (Å²) >= 11 is 1.34. The summed E-state index contributed by atoms with van der Waals surface area (Å²) in [6.45, 7) is 1.49. The van der Waals surface area contributed by atoms with E-state index in [1.54, 1.807) is 24.3 Å². The Hall–Kier alpha value is -2.93. The lowest BCUT2D eigenvalue weighted by Crippen LogP contribution is -2.29. The molecule has 2 heterocycles. The highest BCUT2D eigenvalue weighted by atomic mass is 32.2. The molecular formula is C20H18N4O2S. The second kappa shape index (κ2) is 7.36. The average Bonchev–Trinajstić information content (AvgIpc) is 3.17. The van der Waals surface area contributed by atoms with Gasteiger partial charge in [0.25, 0.3) is 0 Å². The van der Waals surface area contributed by atoms with E-state index in [9.17, 15) is 9.59 Å². The van der Waals surface area contributed by atoms with Crippen LogP contribution in [0.1, 0.15) is 35.3 Å². The van der Waals surface area contributed by atoms with Gasteiger partial charge in [-0.05, 0) is 25.1 Å². The maximum absolute atomic E-state index is 12.4. The predicted molar refractivity (Wildman–Crippen MR) is 109 cm³/mol. The minimum Gasteiger partial charge on any atom is -0.325 e. The number of amides is 1. The number of thioether (sulfide) groups is 1. The van der Waals surface area contributed by atoms with Crippen molar-refractivity contribution in [3.63, 3.8) is 0 Å². The minimum atomic E-state index is -0.185. The maximum atomic E-state index is 12.4. The number of carbonyl (C=O) groups is 2. The molecule has 0 aromatic heterocycles. The summed E-state index contributed by atoms with van der Waals surface area (Å²) in [5.41, 5.74) is 3.11. The first kappa shape index (κ1) is 17.5. The molecule has 2 aliphatic heterocycles. The molecule has 1 amide bonds. The number of carbonyl (C=O) groups excluding carboxylic acids is 2. The first-order valence-corrected chi connectivity index (χ1v) is 9.64. The van der Waals surface area contributed by atoms with Crippen LogP contribution in [0, 0.1) is 0 Å². The molecule has 0 aliphatic carbocycles. The quantitative estimate of drug-likeness (QED) is 0.816. The summed E-state index contributed by atoms with van der Waals surface area (Å²) in [7, 11) is 0. The van der Waals surface area contributed by atoms with Crippen molar-refractivity contribution in [2.75, 3.05) is 11.1 Å². The monoisotopic (exact) mass is 378 g/mol. The molecular weight excluding hydrogens is 360 g/mol. The van der Waals surface area contributed by atoms with Gasteiger partial charge in [0, 0.05) is 23.8 Å². The van der Waals surface area contributed by atoms with E-state index < -0.39 is 0 Å². The smallest absolute Gasteiger partial charge is 0.234 e. The van der Waals surface area contributed by atoms with Crippen molar-refractivity contribution in [1.82, 2.24) is 5.01 Å². The first-order chi connectivity index (χ1) is 13.1. The zero-order chi connectivity index (χ0) is 18.8. The third-order valence-electron chi connectivity index (χ3n) is 4.45. The molecule has 0 radical (unpaired) electrons. The fourth-order valence-corrected chi connectivity index (χ4v) is 4.00. The molecule has 1 N–H and O–H groups in total. The van der Waals surface area contributed by atoms with Crippen LogP contribution >= 0.6 is 11.8 Å². The summed E-state index contributed by atoms with van der Waals surface area (Å²) in [6, 6.07) is 15.2. The van der Waals surface area contributed by atoms with Crippen LogP contribution in [-0.2, 0) is 4.79 Å². The molecule has 27 heavy (non-hydrogen) atoms. The van der Waals surface area contributed by atoms with E-state index in [1.807, 2.05) is 29.4 Å². The number of nitrogens with zero attached hydrogens (tertiary/aromatic N) is 3. The Kier molecular flexibility index (Phi) is 4.77. The van der Waals surface area contributed by atoms with Gasteiger partial charge in [0.15, 0.2) is 11.0 Å². The van der Waals surface area contributed by atoms with Gasteiger partial charge in [0.2, 0.25) is 5.91 Å². The molecule has 0 bridgehead atoms. The summed E-state index contributed by atoms with van der Waals surface area (Å²) in [6.07, 6.45) is 2.71. The fraction of sp³-hybridized carbons (Fsp3) is 0.200. The molecule has 0 fully saturated rings. The Morgan fingerprint density at radius 1 is 1.19 bits per heavy atom. The number of benzene rings is 2. The highest BCUT2D eigenvalue weighted by Crippen LogP contribution is 2.40. The second-order valence-electron chi connectivity index (χ2n) is 6.29. The number of ketones is 1. The number of rotatable bonds is 4. The molecule has 0 saturated carbocycles. The summed E-state index contributed by atoms with van der Waals surface area (Å²) < 4.78 is 0. The van der Waals surface area contributed by atoms with Crippen molar-refractivity contribution in [2.24, 2.45) is 10.1 Å². The summed E-state index contributed by atoms with van der Waals surface area (Å²) in [5, 5.41) is 9.82. The van der Waals surface area contributed by atoms with Crippen LogP contribution in [-0.4, -0.2) is 33.8 Å². The molecule has 0 spiro atoms. The minimum absolute atomic E-state index is 0.0824. The number of aliphatic imine (C=N–C) groups is 1. The van der Waals surface area contributed by atoms with E-state index in [4.69, 9.17) is 0 Å². The third-order valence-corrected chi connectivity index (χ3v) is 5.39. The Morgan fingerprint density at radius 2 is 1.96 bits per heavy atom. The van der Waals surface area contributed by atoms with E-state index >= 15 is 0 Å². The Bertz CT molecular complexity index is 970. The fourth-order valence-electron chi connectivity index (χ4n) is 3.20. The summed E-state index contributed by atoms with van der Waals surface area (Å²) in [4.78, 5) is 28.8. The second-order valence-corrected chi connectivity index (χ2v) is 7.23. The third kappa shape index (κ3) is 3.50. The number of amidine groups is 1. The van der Waals surface area contributed by atoms with Crippen molar-refractivity contribution in [2.45, 2.75) is 19.4 Å². The first-order valence-electron chi connectivity index (χ1n) is 8.65. The van der Waals surface area contributed by atoms with Crippen molar-refractivity contribution in [3.8, 4) is 0 Å². The van der Waals surface area contributed by atoms with Crippen LogP contribution in [0.5, 0.6) is 0 Å². The largest absolute Gasteiger partial charge is 0.325 e. The van der Waals surface area contributed by atoms with Crippen molar-refractivity contribution < 1.29 is 9.59 Å². The van der Waals surface area contributed by atoms with Crippen LogP contribution in [0.2, 0.25) is 0 Å². The molecule has 1 atom stereocenters. The number of anilines is 1. The van der Waals surface area contributed by atoms with Gasteiger partial charge in [0.1, 0.15) is 0 Å². The van der Waals surface area contributed by atoms with E-state index in [0.29, 0.717) is 16.4 Å². The van der Waals surface area contributed by atoms with Crippen LogP contribution < -0.4 is 5.32 Å². The lowest BCUT2D eigenvalue weighted by atomic mass is 10.0. The normalized spacial score (nSPS) is 17.1. The van der Waals surface area contributed by atoms with Crippen LogP contribution in [0.3, 0.4) is 0 Å². The number of Topliss-reactive ketones (excluding diaryl/α,β-unsaturated/α-hetero) is 1. The lowest BCUT2D eigenvalue weighted by Gasteiger charge is -2.29. The van der Waals surface area contributed by atoms with Crippen molar-refractivity contribution in [1.29, 1.82) is 0 Å². The molecule has 0 unspecified atom stereocenters. The Morgan fingerprint density at radius 3 is 2.81 bits per heavy atom. The standard InChI is InChI=1S/C20H18N4O2S/c1-13(25)14-6-2-4-8-16(14)22-19(26)12-27-20-23-17-9-5-3-7-15(17)18-10-11-21-24(18)20/h2-9,11,18H,10,12H2,1H3,(H,22,26)/t18-/m1/s1. The summed E-state index contributed by atoms with van der Waals surface area (Å²) in [5.74, 6) is -0.0811. The number of hydrogen-bond acceptors (Lipinski definition) is 6. The lowest BCUT2D eigenvalue weighted by molar-refractivity contribution is -0.113. The van der Waals surface area contributed by atoms with E-state index in [1.165, 1.54) is 18.7 Å². The molecule has 6 nitrogen and oxygen atoms in total. The van der Waals surface area contributed by atoms with Gasteiger partial charge in [-0.25, -0.2) is 10.0 Å². The number of hydrazone groups is 1. The van der Waals surface area contributed by atoms with Gasteiger partial charge in [-0.15, -0.1) is 0 Å². The number of para-hydroxylation sites is 2. The molecule has 136 valence electrons. The maximum Gasteiger partial charge on any atom is 0.234 e. The van der Waals surface area contributed by atoms with Gasteiger partial charge in [-0.1, -0.05) is 42.1 Å².